The number of carbonyl (C=O) groups is 2. The first-order chi connectivity index (χ1) is 8.91. The zero-order chi connectivity index (χ0) is 14.4. The van der Waals surface area contributed by atoms with Crippen LogP contribution in [0, 0.1) is 9.39 Å². The van der Waals surface area contributed by atoms with E-state index in [2.05, 4.69) is 6.58 Å². The van der Waals surface area contributed by atoms with Gasteiger partial charge in [0.15, 0.2) is 0 Å². The predicted molar refractivity (Wildman–Crippen MR) is 75.2 cm³/mol. The minimum Gasteiger partial charge on any atom is -0.459 e. The molecule has 0 fully saturated rings. The van der Waals surface area contributed by atoms with Gasteiger partial charge in [0.05, 0.1) is 5.56 Å². The average molecular weight is 378 g/mol. The van der Waals surface area contributed by atoms with Crippen molar-refractivity contribution in [2.24, 2.45) is 0 Å². The maximum atomic E-state index is 12.9. The summed E-state index contributed by atoms with van der Waals surface area (Å²) in [6.07, 6.45) is 0. The van der Waals surface area contributed by atoms with Crippen molar-refractivity contribution in [1.82, 2.24) is 0 Å². The molecule has 102 valence electrons. The summed E-state index contributed by atoms with van der Waals surface area (Å²) < 4.78 is 23.0. The van der Waals surface area contributed by atoms with E-state index in [1.165, 1.54) is 25.1 Å². The van der Waals surface area contributed by atoms with Crippen molar-refractivity contribution in [3.05, 3.63) is 45.3 Å². The molecule has 0 heterocycles. The molecule has 0 bridgehead atoms. The molecule has 0 radical (unpaired) electrons. The predicted octanol–water partition coefficient (Wildman–Crippen LogP) is 2.71. The molecule has 1 aromatic rings. The zero-order valence-electron chi connectivity index (χ0n) is 10.2. The average Bonchev–Trinajstić information content (AvgIpc) is 2.33. The molecule has 0 saturated carbocycles. The van der Waals surface area contributed by atoms with Crippen molar-refractivity contribution < 1.29 is 23.5 Å². The highest BCUT2D eigenvalue weighted by Crippen LogP contribution is 2.14. The summed E-state index contributed by atoms with van der Waals surface area (Å²) in [6.45, 7) is 4.83. The van der Waals surface area contributed by atoms with Crippen molar-refractivity contribution >= 4 is 34.5 Å². The quantitative estimate of drug-likeness (QED) is 0.342. The molecular formula is C13H12FIO4. The molecule has 0 spiro atoms. The fourth-order valence-electron chi connectivity index (χ4n) is 1.12. The SMILES string of the molecule is C=C(C)C(=O)OCCOC(=O)c1ccc(F)cc1I. The Kier molecular flexibility index (Phi) is 5.94. The van der Waals surface area contributed by atoms with E-state index in [4.69, 9.17) is 9.47 Å². The smallest absolute Gasteiger partial charge is 0.339 e. The van der Waals surface area contributed by atoms with Gasteiger partial charge in [-0.25, -0.2) is 14.0 Å². The monoisotopic (exact) mass is 378 g/mol. The molecule has 0 aromatic heterocycles. The van der Waals surface area contributed by atoms with Crippen molar-refractivity contribution in [3.63, 3.8) is 0 Å². The lowest BCUT2D eigenvalue weighted by atomic mass is 10.2. The molecule has 0 unspecified atom stereocenters. The number of carbonyl (C=O) groups excluding carboxylic acids is 2. The Balaban J connectivity index is 2.43. The van der Waals surface area contributed by atoms with E-state index in [0.717, 1.165) is 0 Å². The summed E-state index contributed by atoms with van der Waals surface area (Å²) in [6, 6.07) is 3.76. The van der Waals surface area contributed by atoms with E-state index in [1.807, 2.05) is 22.6 Å². The Morgan fingerprint density at radius 3 is 2.53 bits per heavy atom. The molecule has 6 heteroatoms. The van der Waals surface area contributed by atoms with Crippen LogP contribution in [0.15, 0.2) is 30.4 Å². The van der Waals surface area contributed by atoms with Gasteiger partial charge in [-0.05, 0) is 47.7 Å². The molecule has 19 heavy (non-hydrogen) atoms. The number of esters is 2. The number of halogens is 2. The highest BCUT2D eigenvalue weighted by molar-refractivity contribution is 14.1. The van der Waals surface area contributed by atoms with Crippen LogP contribution in [0.2, 0.25) is 0 Å². The van der Waals surface area contributed by atoms with Gasteiger partial charge in [0, 0.05) is 9.14 Å². The van der Waals surface area contributed by atoms with Crippen LogP contribution in [0.3, 0.4) is 0 Å². The van der Waals surface area contributed by atoms with Crippen molar-refractivity contribution in [3.8, 4) is 0 Å². The van der Waals surface area contributed by atoms with Gasteiger partial charge in [-0.3, -0.25) is 0 Å². The summed E-state index contributed by atoms with van der Waals surface area (Å²) in [5, 5.41) is 0. The maximum absolute atomic E-state index is 12.9. The van der Waals surface area contributed by atoms with Crippen molar-refractivity contribution in [1.29, 1.82) is 0 Å². The van der Waals surface area contributed by atoms with Gasteiger partial charge in [-0.2, -0.15) is 0 Å². The fourth-order valence-corrected chi connectivity index (χ4v) is 1.82. The van der Waals surface area contributed by atoms with Crippen LogP contribution in [0.1, 0.15) is 17.3 Å². The lowest BCUT2D eigenvalue weighted by Crippen LogP contribution is -2.15. The van der Waals surface area contributed by atoms with Gasteiger partial charge < -0.3 is 9.47 Å². The van der Waals surface area contributed by atoms with Crippen LogP contribution in [0.4, 0.5) is 4.39 Å². The molecule has 0 saturated heterocycles. The fraction of sp³-hybridized carbons (Fsp3) is 0.231. The highest BCUT2D eigenvalue weighted by Gasteiger charge is 2.12. The molecular weight excluding hydrogens is 366 g/mol. The van der Waals surface area contributed by atoms with Gasteiger partial charge in [0.25, 0.3) is 0 Å². The van der Waals surface area contributed by atoms with Gasteiger partial charge in [-0.1, -0.05) is 6.58 Å². The van der Waals surface area contributed by atoms with Crippen LogP contribution >= 0.6 is 22.6 Å². The van der Waals surface area contributed by atoms with Crippen LogP contribution in [-0.2, 0) is 14.3 Å². The third kappa shape index (κ3) is 4.98. The standard InChI is InChI=1S/C13H12FIO4/c1-8(2)12(16)18-5-6-19-13(17)10-4-3-9(14)7-11(10)15/h3-4,7H,1,5-6H2,2H3. The summed E-state index contributed by atoms with van der Waals surface area (Å²) in [7, 11) is 0. The highest BCUT2D eigenvalue weighted by atomic mass is 127. The number of ether oxygens (including phenoxy) is 2. The molecule has 0 atom stereocenters. The number of hydrogen-bond acceptors (Lipinski definition) is 4. The number of hydrogen-bond donors (Lipinski definition) is 0. The third-order valence-electron chi connectivity index (χ3n) is 2.05. The molecule has 0 aliphatic carbocycles. The van der Waals surface area contributed by atoms with Crippen molar-refractivity contribution in [2.75, 3.05) is 13.2 Å². The van der Waals surface area contributed by atoms with E-state index in [-0.39, 0.29) is 24.4 Å². The van der Waals surface area contributed by atoms with E-state index >= 15 is 0 Å². The topological polar surface area (TPSA) is 52.6 Å². The van der Waals surface area contributed by atoms with E-state index < -0.39 is 17.8 Å². The van der Waals surface area contributed by atoms with Gasteiger partial charge in [0.1, 0.15) is 19.0 Å². The molecule has 0 N–H and O–H groups in total. The molecule has 1 rings (SSSR count). The lowest BCUT2D eigenvalue weighted by Gasteiger charge is -2.07. The molecule has 0 amide bonds. The van der Waals surface area contributed by atoms with Gasteiger partial charge in [0.2, 0.25) is 0 Å². The summed E-state index contributed by atoms with van der Waals surface area (Å²) in [5.74, 6) is -1.54. The summed E-state index contributed by atoms with van der Waals surface area (Å²) in [5.41, 5.74) is 0.549. The first-order valence-corrected chi connectivity index (χ1v) is 6.44. The Bertz CT molecular complexity index is 513. The maximum Gasteiger partial charge on any atom is 0.339 e. The second-order valence-corrected chi connectivity index (χ2v) is 4.84. The normalized spacial score (nSPS) is 9.84. The van der Waals surface area contributed by atoms with Crippen LogP contribution in [-0.4, -0.2) is 25.2 Å². The van der Waals surface area contributed by atoms with E-state index in [1.54, 1.807) is 0 Å². The summed E-state index contributed by atoms with van der Waals surface area (Å²) in [4.78, 5) is 22.7. The van der Waals surface area contributed by atoms with Gasteiger partial charge in [-0.15, -0.1) is 0 Å². The zero-order valence-corrected chi connectivity index (χ0v) is 12.4. The van der Waals surface area contributed by atoms with Crippen molar-refractivity contribution in [2.45, 2.75) is 6.92 Å². The molecule has 0 aliphatic heterocycles. The molecule has 1 aromatic carbocycles. The Morgan fingerprint density at radius 1 is 1.32 bits per heavy atom. The largest absolute Gasteiger partial charge is 0.459 e. The van der Waals surface area contributed by atoms with Crippen LogP contribution in [0.5, 0.6) is 0 Å². The minimum absolute atomic E-state index is 0.0464. The minimum atomic E-state index is -0.587. The molecule has 4 nitrogen and oxygen atoms in total. The number of benzene rings is 1. The third-order valence-corrected chi connectivity index (χ3v) is 2.94. The van der Waals surface area contributed by atoms with Crippen LogP contribution < -0.4 is 0 Å². The van der Waals surface area contributed by atoms with E-state index in [9.17, 15) is 14.0 Å². The first kappa shape index (κ1) is 15.6. The van der Waals surface area contributed by atoms with Gasteiger partial charge >= 0.3 is 11.9 Å². The number of rotatable bonds is 5. The Labute approximate surface area is 123 Å². The molecule has 0 aliphatic rings. The van der Waals surface area contributed by atoms with Crippen LogP contribution in [0.25, 0.3) is 0 Å². The van der Waals surface area contributed by atoms with E-state index in [0.29, 0.717) is 3.57 Å². The second-order valence-electron chi connectivity index (χ2n) is 3.68. The second kappa shape index (κ2) is 7.22. The Hall–Kier alpha value is -1.44. The summed E-state index contributed by atoms with van der Waals surface area (Å²) >= 11 is 1.84. The Morgan fingerprint density at radius 2 is 1.95 bits per heavy atom. The lowest BCUT2D eigenvalue weighted by molar-refractivity contribution is -0.140. The first-order valence-electron chi connectivity index (χ1n) is 5.36.